The van der Waals surface area contributed by atoms with Crippen molar-refractivity contribution in [1.29, 1.82) is 0 Å². The molecule has 1 aliphatic rings. The van der Waals surface area contributed by atoms with E-state index < -0.39 is 49.5 Å². The molecule has 360 valence electrons. The summed E-state index contributed by atoms with van der Waals surface area (Å²) in [7, 11) is 0. The molecule has 1 rings (SSSR count). The predicted octanol–water partition coefficient (Wildman–Crippen LogP) is 11.3. The SMILES string of the molecule is CCCCCCCCCCC=CCCCCCCCCCCCC(=O)N[C@@H](COC1OC(CO)C(O)C(OSOOO)C1O)[C@H](O)C=CCCCCCCCCCCCCC. The van der Waals surface area contributed by atoms with E-state index in [0.717, 1.165) is 44.9 Å². The van der Waals surface area contributed by atoms with Crippen LogP contribution in [0, 0.1) is 0 Å². The van der Waals surface area contributed by atoms with Gasteiger partial charge in [-0.3, -0.25) is 8.98 Å². The van der Waals surface area contributed by atoms with Crippen LogP contribution in [0.3, 0.4) is 0 Å². The first kappa shape index (κ1) is 57.9. The highest BCUT2D eigenvalue weighted by atomic mass is 32.2. The second-order valence-corrected chi connectivity index (χ2v) is 17.6. The summed E-state index contributed by atoms with van der Waals surface area (Å²) in [4.78, 5) is 13.1. The summed E-state index contributed by atoms with van der Waals surface area (Å²) in [5.74, 6) is -0.203. The van der Waals surface area contributed by atoms with Gasteiger partial charge >= 0.3 is 0 Å². The normalized spacial score (nSPS) is 20.5. The minimum absolute atomic E-state index is 0.171. The zero-order chi connectivity index (χ0) is 44.4. The van der Waals surface area contributed by atoms with Crippen LogP contribution in [0.5, 0.6) is 0 Å². The maximum absolute atomic E-state index is 13.1. The molecule has 0 aliphatic carbocycles. The van der Waals surface area contributed by atoms with Crippen molar-refractivity contribution in [3.05, 3.63) is 24.3 Å². The van der Waals surface area contributed by atoms with E-state index in [1.54, 1.807) is 6.08 Å². The summed E-state index contributed by atoms with van der Waals surface area (Å²) in [6.45, 7) is 3.69. The van der Waals surface area contributed by atoms with Crippen LogP contribution in [-0.2, 0) is 27.8 Å². The molecule has 0 aromatic rings. The molecule has 7 atom stereocenters. The molecule has 6 N–H and O–H groups in total. The highest BCUT2D eigenvalue weighted by molar-refractivity contribution is 7.89. The molecule has 1 amide bonds. The van der Waals surface area contributed by atoms with Gasteiger partial charge in [0, 0.05) is 6.42 Å². The summed E-state index contributed by atoms with van der Waals surface area (Å²) in [5.41, 5.74) is 0. The third-order valence-corrected chi connectivity index (χ3v) is 12.1. The van der Waals surface area contributed by atoms with Crippen LogP contribution in [0.4, 0.5) is 0 Å². The molecule has 0 radical (unpaired) electrons. The van der Waals surface area contributed by atoms with Crippen LogP contribution in [0.1, 0.15) is 219 Å². The Morgan fingerprint density at radius 2 is 1.10 bits per heavy atom. The van der Waals surface area contributed by atoms with Crippen LogP contribution in [-0.4, -0.2) is 87.7 Å². The third-order valence-electron chi connectivity index (χ3n) is 11.7. The molecule has 1 aliphatic heterocycles. The molecule has 61 heavy (non-hydrogen) atoms. The Kier molecular flexibility index (Phi) is 40.7. The molecule has 0 spiro atoms. The molecule has 0 aromatic heterocycles. The zero-order valence-electron chi connectivity index (χ0n) is 38.5. The van der Waals surface area contributed by atoms with Gasteiger partial charge in [-0.25, -0.2) is 5.26 Å². The monoisotopic (exact) mass is 890 g/mol. The van der Waals surface area contributed by atoms with E-state index in [-0.39, 0.29) is 24.8 Å². The molecule has 1 fully saturated rings. The van der Waals surface area contributed by atoms with E-state index in [9.17, 15) is 25.2 Å². The Bertz CT molecular complexity index is 1020. The standard InChI is InChI=1S/C48H91NO11S/c1-3-5-7-9-11-13-15-17-18-19-20-21-22-23-24-26-28-30-32-34-36-38-44(52)49-41(42(51)37-35-33-31-29-27-25-16-14-12-10-8-6-4-2)40-56-48-46(54)47(58-61-60-59-55)45(53)43(39-50)57-48/h19-20,35,37,41-43,45-48,50-51,53-55H,3-18,21-34,36,38-40H2,1-2H3,(H,49,52)/t41-,42+,43?,45?,46?,47?,48?/m0/s1. The summed E-state index contributed by atoms with van der Waals surface area (Å²) >= 11 is 0.171. The van der Waals surface area contributed by atoms with Crippen molar-refractivity contribution < 1.29 is 53.5 Å². The zero-order valence-corrected chi connectivity index (χ0v) is 39.3. The van der Waals surface area contributed by atoms with Gasteiger partial charge in [0.15, 0.2) is 18.6 Å². The smallest absolute Gasteiger partial charge is 0.220 e. The van der Waals surface area contributed by atoms with Crippen molar-refractivity contribution in [2.75, 3.05) is 13.2 Å². The lowest BCUT2D eigenvalue weighted by Gasteiger charge is -2.41. The summed E-state index contributed by atoms with van der Waals surface area (Å²) in [6, 6.07) is -0.846. The molecule has 12 nitrogen and oxygen atoms in total. The molecule has 13 heteroatoms. The minimum Gasteiger partial charge on any atom is -0.394 e. The van der Waals surface area contributed by atoms with Crippen molar-refractivity contribution in [3.63, 3.8) is 0 Å². The number of ether oxygens (including phenoxy) is 2. The second-order valence-electron chi connectivity index (χ2n) is 17.2. The van der Waals surface area contributed by atoms with E-state index in [0.29, 0.717) is 6.42 Å². The average molecular weight is 890 g/mol. The summed E-state index contributed by atoms with van der Waals surface area (Å²) < 4.78 is 20.8. The van der Waals surface area contributed by atoms with Crippen LogP contribution < -0.4 is 5.32 Å². The maximum atomic E-state index is 13.1. The number of unbranched alkanes of at least 4 members (excludes halogenated alkanes) is 28. The minimum atomic E-state index is -1.55. The van der Waals surface area contributed by atoms with E-state index in [4.69, 9.17) is 18.9 Å². The van der Waals surface area contributed by atoms with Gasteiger partial charge in [-0.05, 0) is 44.9 Å². The number of carbonyl (C=O) groups excluding carboxylic acids is 1. The highest BCUT2D eigenvalue weighted by Crippen LogP contribution is 2.28. The number of aliphatic hydroxyl groups excluding tert-OH is 4. The van der Waals surface area contributed by atoms with Crippen molar-refractivity contribution in [2.45, 2.75) is 262 Å². The van der Waals surface area contributed by atoms with Crippen molar-refractivity contribution in [3.8, 4) is 0 Å². The Balaban J connectivity index is 2.42. The van der Waals surface area contributed by atoms with Gasteiger partial charge in [-0.1, -0.05) is 197 Å². The quantitative estimate of drug-likeness (QED) is 0.0112. The summed E-state index contributed by atoms with van der Waals surface area (Å²) in [5, 5.41) is 57.1. The second kappa shape index (κ2) is 42.8. The number of hydrogen-bond acceptors (Lipinski definition) is 12. The highest BCUT2D eigenvalue weighted by Gasteiger charge is 2.46. The lowest BCUT2D eigenvalue weighted by atomic mass is 9.99. The fourth-order valence-corrected chi connectivity index (χ4v) is 8.17. The Morgan fingerprint density at radius 1 is 0.656 bits per heavy atom. The topological polar surface area (TPSA) is 176 Å². The predicted molar refractivity (Wildman–Crippen MR) is 246 cm³/mol. The first-order valence-electron chi connectivity index (χ1n) is 24.7. The number of allylic oxidation sites excluding steroid dienone is 3. The largest absolute Gasteiger partial charge is 0.394 e. The number of hydrogen-bond donors (Lipinski definition) is 6. The maximum Gasteiger partial charge on any atom is 0.220 e. The Hall–Kier alpha value is -1.10. The third kappa shape index (κ3) is 32.2. The lowest BCUT2D eigenvalue weighted by Crippen LogP contribution is -2.60. The van der Waals surface area contributed by atoms with Crippen LogP contribution >= 0.6 is 12.3 Å². The number of amides is 1. The number of aliphatic hydroxyl groups is 4. The van der Waals surface area contributed by atoms with Gasteiger partial charge in [-0.2, -0.15) is 0 Å². The van der Waals surface area contributed by atoms with E-state index in [1.807, 2.05) is 6.08 Å². The molecular weight excluding hydrogens is 799 g/mol. The van der Waals surface area contributed by atoms with Crippen LogP contribution in [0.15, 0.2) is 24.3 Å². The molecule has 1 saturated heterocycles. The van der Waals surface area contributed by atoms with Gasteiger partial charge in [-0.15, -0.1) is 4.33 Å². The number of rotatable bonds is 44. The number of carbonyl (C=O) groups is 1. The Morgan fingerprint density at radius 3 is 1.56 bits per heavy atom. The first-order chi connectivity index (χ1) is 29.9. The summed E-state index contributed by atoms with van der Waals surface area (Å²) in [6.07, 6.45) is 39.0. The van der Waals surface area contributed by atoms with Gasteiger partial charge < -0.3 is 35.2 Å². The average Bonchev–Trinajstić information content (AvgIpc) is 3.26. The molecule has 0 saturated carbocycles. The fourth-order valence-electron chi connectivity index (χ4n) is 7.79. The molecule has 0 bridgehead atoms. The van der Waals surface area contributed by atoms with Crippen molar-refractivity contribution >= 4 is 18.2 Å². The first-order valence-corrected chi connectivity index (χ1v) is 25.4. The van der Waals surface area contributed by atoms with Gasteiger partial charge in [0.2, 0.25) is 5.91 Å². The lowest BCUT2D eigenvalue weighted by molar-refractivity contribution is -0.435. The van der Waals surface area contributed by atoms with Crippen LogP contribution in [0.25, 0.3) is 0 Å². The fraction of sp³-hybridized carbons (Fsp3) is 0.896. The van der Waals surface area contributed by atoms with Gasteiger partial charge in [0.1, 0.15) is 24.4 Å². The van der Waals surface area contributed by atoms with E-state index >= 15 is 0 Å². The van der Waals surface area contributed by atoms with Crippen molar-refractivity contribution in [2.24, 2.45) is 0 Å². The molecule has 5 unspecified atom stereocenters. The van der Waals surface area contributed by atoms with E-state index in [1.165, 1.54) is 154 Å². The number of nitrogens with one attached hydrogen (secondary N) is 1. The van der Waals surface area contributed by atoms with Crippen molar-refractivity contribution in [1.82, 2.24) is 5.32 Å². The van der Waals surface area contributed by atoms with Gasteiger partial charge in [0.05, 0.1) is 25.4 Å². The molecule has 0 aromatic carbocycles. The van der Waals surface area contributed by atoms with E-state index in [2.05, 4.69) is 40.7 Å². The van der Waals surface area contributed by atoms with Gasteiger partial charge in [0.25, 0.3) is 0 Å². The molecule has 1 heterocycles. The Labute approximate surface area is 375 Å². The molecular formula is C48H91NO11S. The van der Waals surface area contributed by atoms with Crippen LogP contribution in [0.2, 0.25) is 0 Å².